The Hall–Kier alpha value is -3.98. The number of aromatic nitrogens is 3. The number of sulfonamides is 1. The number of aryl methyl sites for hydroxylation is 2. The number of fused-ring (bicyclic) bond motifs is 1. The summed E-state index contributed by atoms with van der Waals surface area (Å²) in [4.78, 5) is 13.0. The van der Waals surface area contributed by atoms with Crippen molar-refractivity contribution in [1.29, 1.82) is 0 Å². The molecule has 9 heteroatoms. The molecule has 34 heavy (non-hydrogen) atoms. The van der Waals surface area contributed by atoms with Crippen molar-refractivity contribution in [3.63, 3.8) is 0 Å². The van der Waals surface area contributed by atoms with Gasteiger partial charge in [0.25, 0.3) is 10.0 Å². The van der Waals surface area contributed by atoms with E-state index in [0.717, 1.165) is 36.9 Å². The van der Waals surface area contributed by atoms with E-state index >= 15 is 0 Å². The molecule has 5 rings (SSSR count). The molecule has 2 aromatic carbocycles. The lowest BCUT2D eigenvalue weighted by molar-refractivity contribution is 0.600. The molecule has 4 aromatic rings. The van der Waals surface area contributed by atoms with Crippen LogP contribution in [0.5, 0.6) is 0 Å². The summed E-state index contributed by atoms with van der Waals surface area (Å²) in [6, 6.07) is 19.8. The molecule has 8 nitrogen and oxygen atoms in total. The number of nitrogens with zero attached hydrogens (tertiary/aromatic N) is 3. The van der Waals surface area contributed by atoms with E-state index < -0.39 is 10.0 Å². The number of hydrogen-bond acceptors (Lipinski definition) is 7. The summed E-state index contributed by atoms with van der Waals surface area (Å²) >= 11 is 0. The molecule has 0 spiro atoms. The number of rotatable bonds is 7. The number of benzene rings is 2. The normalized spacial score (nSPS) is 13.1. The van der Waals surface area contributed by atoms with Crippen LogP contribution in [0.1, 0.15) is 24.0 Å². The molecular weight excluding hydrogens is 448 g/mol. The van der Waals surface area contributed by atoms with Gasteiger partial charge in [0.05, 0.1) is 4.90 Å². The third-order valence-corrected chi connectivity index (χ3v) is 7.01. The Bertz CT molecular complexity index is 1390. The first-order valence-electron chi connectivity index (χ1n) is 11.1. The lowest BCUT2D eigenvalue weighted by Crippen LogP contribution is -2.14. The smallest absolute Gasteiger partial charge is 0.261 e. The molecule has 1 aliphatic carbocycles. The maximum atomic E-state index is 12.9. The highest BCUT2D eigenvalue weighted by molar-refractivity contribution is 7.92. The van der Waals surface area contributed by atoms with Crippen molar-refractivity contribution < 1.29 is 8.42 Å². The SMILES string of the molecule is O=S(=O)(Nc1ccc(Nc2cc(Nc3ccccn3)ncn2)cc1)c1ccc2c(c1)CCCC2. The van der Waals surface area contributed by atoms with Crippen molar-refractivity contribution >= 4 is 38.9 Å². The standard InChI is InChI=1S/C25H24N6O2S/c32-34(33,22-13-8-18-5-1-2-6-19(18)15-22)31-21-11-9-20(10-12-21)29-24-16-25(28-17-27-24)30-23-7-3-4-14-26-23/h3-4,7-17,31H,1-2,5-6H2,(H2,26,27,28,29,30). The van der Waals surface area contributed by atoms with E-state index in [1.807, 2.05) is 24.3 Å². The first-order valence-corrected chi connectivity index (χ1v) is 12.6. The Kier molecular flexibility index (Phi) is 6.09. The maximum absolute atomic E-state index is 12.9. The van der Waals surface area contributed by atoms with Gasteiger partial charge in [-0.25, -0.2) is 23.4 Å². The summed E-state index contributed by atoms with van der Waals surface area (Å²) in [6.45, 7) is 0. The lowest BCUT2D eigenvalue weighted by Gasteiger charge is -2.17. The van der Waals surface area contributed by atoms with Crippen LogP contribution in [0.2, 0.25) is 0 Å². The van der Waals surface area contributed by atoms with Gasteiger partial charge in [-0.3, -0.25) is 4.72 Å². The summed E-state index contributed by atoms with van der Waals surface area (Å²) in [6.07, 6.45) is 7.37. The number of pyridine rings is 1. The zero-order valence-electron chi connectivity index (χ0n) is 18.4. The van der Waals surface area contributed by atoms with Crippen LogP contribution in [0.3, 0.4) is 0 Å². The highest BCUT2D eigenvalue weighted by Crippen LogP contribution is 2.26. The molecule has 1 aliphatic rings. The van der Waals surface area contributed by atoms with Gasteiger partial charge in [-0.1, -0.05) is 12.1 Å². The Morgan fingerprint density at radius 3 is 2.18 bits per heavy atom. The maximum Gasteiger partial charge on any atom is 0.261 e. The molecule has 0 saturated carbocycles. The fourth-order valence-electron chi connectivity index (χ4n) is 3.92. The molecule has 0 unspecified atom stereocenters. The van der Waals surface area contributed by atoms with E-state index in [1.165, 1.54) is 11.9 Å². The summed E-state index contributed by atoms with van der Waals surface area (Å²) < 4.78 is 28.5. The average Bonchev–Trinajstić information content (AvgIpc) is 2.86. The van der Waals surface area contributed by atoms with Gasteiger partial charge < -0.3 is 10.6 Å². The summed E-state index contributed by atoms with van der Waals surface area (Å²) in [5.41, 5.74) is 3.64. The predicted octanol–water partition coefficient (Wildman–Crippen LogP) is 5.04. The van der Waals surface area contributed by atoms with Crippen molar-refractivity contribution in [2.45, 2.75) is 30.6 Å². The van der Waals surface area contributed by atoms with E-state index in [2.05, 4.69) is 30.3 Å². The topological polar surface area (TPSA) is 109 Å². The Morgan fingerprint density at radius 2 is 1.41 bits per heavy atom. The van der Waals surface area contributed by atoms with Crippen molar-refractivity contribution in [3.8, 4) is 0 Å². The first-order chi connectivity index (χ1) is 16.5. The Labute approximate surface area is 198 Å². The number of nitrogens with one attached hydrogen (secondary N) is 3. The predicted molar refractivity (Wildman–Crippen MR) is 133 cm³/mol. The molecule has 0 bridgehead atoms. The Morgan fingerprint density at radius 1 is 0.676 bits per heavy atom. The van der Waals surface area contributed by atoms with Crippen LogP contribution in [-0.4, -0.2) is 23.4 Å². The molecular formula is C25H24N6O2S. The number of hydrogen-bond donors (Lipinski definition) is 3. The molecule has 0 atom stereocenters. The van der Waals surface area contributed by atoms with Crippen LogP contribution in [-0.2, 0) is 22.9 Å². The van der Waals surface area contributed by atoms with Gasteiger partial charge >= 0.3 is 0 Å². The summed E-state index contributed by atoms with van der Waals surface area (Å²) in [7, 11) is -3.66. The molecule has 0 radical (unpaired) electrons. The largest absolute Gasteiger partial charge is 0.340 e. The monoisotopic (exact) mass is 472 g/mol. The molecule has 0 fully saturated rings. The molecule has 0 saturated heterocycles. The molecule has 2 aromatic heterocycles. The van der Waals surface area contributed by atoms with Crippen molar-refractivity contribution in [1.82, 2.24) is 15.0 Å². The minimum Gasteiger partial charge on any atom is -0.340 e. The molecule has 0 aliphatic heterocycles. The highest BCUT2D eigenvalue weighted by atomic mass is 32.2. The van der Waals surface area contributed by atoms with E-state index in [-0.39, 0.29) is 0 Å². The van der Waals surface area contributed by atoms with Gasteiger partial charge in [-0.05, 0) is 85.3 Å². The third-order valence-electron chi connectivity index (χ3n) is 5.63. The fourth-order valence-corrected chi connectivity index (χ4v) is 5.03. The minimum absolute atomic E-state index is 0.296. The van der Waals surface area contributed by atoms with Crippen molar-refractivity contribution in [2.24, 2.45) is 0 Å². The zero-order valence-corrected chi connectivity index (χ0v) is 19.2. The zero-order chi connectivity index (χ0) is 23.4. The highest BCUT2D eigenvalue weighted by Gasteiger charge is 2.18. The van der Waals surface area contributed by atoms with Gasteiger partial charge in [-0.15, -0.1) is 0 Å². The third kappa shape index (κ3) is 5.15. The van der Waals surface area contributed by atoms with Crippen LogP contribution >= 0.6 is 0 Å². The van der Waals surface area contributed by atoms with Gasteiger partial charge in [0.2, 0.25) is 0 Å². The van der Waals surface area contributed by atoms with Gasteiger partial charge in [-0.2, -0.15) is 0 Å². The van der Waals surface area contributed by atoms with Gasteiger partial charge in [0.15, 0.2) is 0 Å². The van der Waals surface area contributed by atoms with Crippen LogP contribution in [0.4, 0.5) is 28.8 Å². The molecule has 172 valence electrons. The average molecular weight is 473 g/mol. The van der Waals surface area contributed by atoms with Crippen LogP contribution in [0.15, 0.2) is 84.1 Å². The van der Waals surface area contributed by atoms with E-state index in [0.29, 0.717) is 28.0 Å². The van der Waals surface area contributed by atoms with Crippen LogP contribution in [0.25, 0.3) is 0 Å². The second-order valence-corrected chi connectivity index (χ2v) is 9.76. The summed E-state index contributed by atoms with van der Waals surface area (Å²) in [5, 5.41) is 6.32. The molecule has 2 heterocycles. The minimum atomic E-state index is -3.66. The second kappa shape index (κ2) is 9.48. The lowest BCUT2D eigenvalue weighted by atomic mass is 9.92. The quantitative estimate of drug-likeness (QED) is 0.346. The molecule has 0 amide bonds. The van der Waals surface area contributed by atoms with Crippen molar-refractivity contribution in [2.75, 3.05) is 15.4 Å². The second-order valence-electron chi connectivity index (χ2n) is 8.07. The molecule has 3 N–H and O–H groups in total. The van der Waals surface area contributed by atoms with E-state index in [4.69, 9.17) is 0 Å². The van der Waals surface area contributed by atoms with Crippen LogP contribution in [0, 0.1) is 0 Å². The van der Waals surface area contributed by atoms with Crippen molar-refractivity contribution in [3.05, 3.63) is 90.4 Å². The summed E-state index contributed by atoms with van der Waals surface area (Å²) in [5.74, 6) is 1.88. The van der Waals surface area contributed by atoms with Crippen LogP contribution < -0.4 is 15.4 Å². The van der Waals surface area contributed by atoms with Gasteiger partial charge in [0, 0.05) is 23.6 Å². The van der Waals surface area contributed by atoms with E-state index in [9.17, 15) is 8.42 Å². The van der Waals surface area contributed by atoms with E-state index in [1.54, 1.807) is 48.7 Å². The fraction of sp³-hybridized carbons (Fsp3) is 0.160. The van der Waals surface area contributed by atoms with Gasteiger partial charge in [0.1, 0.15) is 23.8 Å². The first kappa shape index (κ1) is 21.8. The Balaban J connectivity index is 1.26. The number of anilines is 5.